The number of rotatable bonds is 1. The highest BCUT2D eigenvalue weighted by Gasteiger charge is 2.52. The van der Waals surface area contributed by atoms with Gasteiger partial charge in [-0.3, -0.25) is 0 Å². The summed E-state index contributed by atoms with van der Waals surface area (Å²) in [6.45, 7) is 11.7. The first kappa shape index (κ1) is 12.2. The molecule has 92 valence electrons. The Bertz CT molecular complexity index is 292. The summed E-state index contributed by atoms with van der Waals surface area (Å²) < 4.78 is 0. The zero-order valence-electron chi connectivity index (χ0n) is 11.1. The van der Waals surface area contributed by atoms with Crippen LogP contribution in [-0.4, -0.2) is 11.7 Å². The largest absolute Gasteiger partial charge is 0.396 e. The van der Waals surface area contributed by atoms with Gasteiger partial charge in [0.05, 0.1) is 6.61 Å². The van der Waals surface area contributed by atoms with E-state index >= 15 is 0 Å². The van der Waals surface area contributed by atoms with E-state index in [1.807, 2.05) is 0 Å². The Balaban J connectivity index is 2.34. The predicted molar refractivity (Wildman–Crippen MR) is 68.2 cm³/mol. The summed E-state index contributed by atoms with van der Waals surface area (Å²) in [7, 11) is 0. The maximum atomic E-state index is 9.67. The average Bonchev–Trinajstić information content (AvgIpc) is 2.15. The highest BCUT2D eigenvalue weighted by molar-refractivity contribution is 5.15. The Hall–Kier alpha value is -0.300. The summed E-state index contributed by atoms with van der Waals surface area (Å²) in [6, 6.07) is 0. The molecule has 1 N–H and O–H groups in total. The minimum atomic E-state index is 0.294. The van der Waals surface area contributed by atoms with Crippen LogP contribution in [0.1, 0.15) is 52.9 Å². The van der Waals surface area contributed by atoms with Crippen LogP contribution in [0.25, 0.3) is 0 Å². The van der Waals surface area contributed by atoms with Crippen molar-refractivity contribution in [3.8, 4) is 0 Å². The molecule has 2 saturated carbocycles. The molecule has 16 heavy (non-hydrogen) atoms. The molecule has 2 rings (SSSR count). The van der Waals surface area contributed by atoms with Gasteiger partial charge in [0.15, 0.2) is 0 Å². The summed E-state index contributed by atoms with van der Waals surface area (Å²) in [6.07, 6.45) is 6.32. The normalized spacial score (nSPS) is 42.9. The zero-order valence-corrected chi connectivity index (χ0v) is 11.1. The zero-order chi connectivity index (χ0) is 12.0. The van der Waals surface area contributed by atoms with E-state index in [1.165, 1.54) is 31.3 Å². The van der Waals surface area contributed by atoms with Crippen molar-refractivity contribution in [1.29, 1.82) is 0 Å². The van der Waals surface area contributed by atoms with Crippen molar-refractivity contribution < 1.29 is 5.11 Å². The van der Waals surface area contributed by atoms with Crippen molar-refractivity contribution in [2.24, 2.45) is 22.7 Å². The third kappa shape index (κ3) is 1.64. The van der Waals surface area contributed by atoms with Crippen molar-refractivity contribution in [1.82, 2.24) is 0 Å². The highest BCUT2D eigenvalue weighted by atomic mass is 16.3. The van der Waals surface area contributed by atoms with Crippen LogP contribution >= 0.6 is 0 Å². The van der Waals surface area contributed by atoms with E-state index in [4.69, 9.17) is 0 Å². The molecule has 0 aromatic carbocycles. The lowest BCUT2D eigenvalue weighted by Gasteiger charge is -2.57. The van der Waals surface area contributed by atoms with Gasteiger partial charge in [0.2, 0.25) is 0 Å². The molecule has 1 heteroatoms. The van der Waals surface area contributed by atoms with Crippen LogP contribution in [0, 0.1) is 22.7 Å². The molecule has 2 aliphatic carbocycles. The third-order valence-corrected chi connectivity index (χ3v) is 5.50. The van der Waals surface area contributed by atoms with Crippen LogP contribution in [0.5, 0.6) is 0 Å². The van der Waals surface area contributed by atoms with Crippen molar-refractivity contribution in [2.75, 3.05) is 6.61 Å². The number of aliphatic hydroxyl groups is 1. The van der Waals surface area contributed by atoms with Crippen molar-refractivity contribution in [3.63, 3.8) is 0 Å². The molecule has 0 saturated heterocycles. The van der Waals surface area contributed by atoms with Gasteiger partial charge >= 0.3 is 0 Å². The Morgan fingerprint density at radius 2 is 2.00 bits per heavy atom. The Morgan fingerprint density at radius 3 is 2.62 bits per heavy atom. The molecule has 0 heterocycles. The second-order valence-electron chi connectivity index (χ2n) is 6.83. The monoisotopic (exact) mass is 222 g/mol. The molecule has 0 radical (unpaired) electrons. The Labute approximate surface area is 99.9 Å². The first-order valence-electron chi connectivity index (χ1n) is 6.70. The summed E-state index contributed by atoms with van der Waals surface area (Å²) in [5, 5.41) is 9.67. The van der Waals surface area contributed by atoms with E-state index in [9.17, 15) is 5.11 Å². The van der Waals surface area contributed by atoms with E-state index in [-0.39, 0.29) is 0 Å². The van der Waals surface area contributed by atoms with Gasteiger partial charge in [-0.2, -0.15) is 0 Å². The van der Waals surface area contributed by atoms with Gasteiger partial charge in [0, 0.05) is 5.92 Å². The van der Waals surface area contributed by atoms with Crippen LogP contribution in [0.2, 0.25) is 0 Å². The molecular formula is C15H26O. The number of aliphatic hydroxyl groups excluding tert-OH is 1. The van der Waals surface area contributed by atoms with Crippen LogP contribution in [0.3, 0.4) is 0 Å². The summed E-state index contributed by atoms with van der Waals surface area (Å²) >= 11 is 0. The predicted octanol–water partition coefficient (Wildman–Crippen LogP) is 3.78. The molecular weight excluding hydrogens is 196 g/mol. The fourth-order valence-corrected chi connectivity index (χ4v) is 4.61. The first-order valence-corrected chi connectivity index (χ1v) is 6.70. The minimum Gasteiger partial charge on any atom is -0.396 e. The van der Waals surface area contributed by atoms with E-state index in [2.05, 4.69) is 27.4 Å². The van der Waals surface area contributed by atoms with Gasteiger partial charge < -0.3 is 5.11 Å². The van der Waals surface area contributed by atoms with Crippen molar-refractivity contribution in [2.45, 2.75) is 52.9 Å². The Morgan fingerprint density at radius 1 is 1.31 bits per heavy atom. The molecule has 0 amide bonds. The lowest BCUT2D eigenvalue weighted by Crippen LogP contribution is -2.50. The maximum Gasteiger partial charge on any atom is 0.0501 e. The van der Waals surface area contributed by atoms with Crippen LogP contribution < -0.4 is 0 Å². The molecule has 1 nitrogen and oxygen atoms in total. The SMILES string of the molecule is C=C1CCC2C(C)(C)CCC[C@@]2(C)[C@@H]1CO. The fourth-order valence-electron chi connectivity index (χ4n) is 4.61. The smallest absolute Gasteiger partial charge is 0.0501 e. The molecule has 0 aromatic heterocycles. The van der Waals surface area contributed by atoms with E-state index in [1.54, 1.807) is 0 Å². The third-order valence-electron chi connectivity index (χ3n) is 5.50. The molecule has 0 aromatic rings. The molecule has 3 atom stereocenters. The molecule has 0 spiro atoms. The topological polar surface area (TPSA) is 20.2 Å². The second kappa shape index (κ2) is 3.87. The van der Waals surface area contributed by atoms with Crippen molar-refractivity contribution in [3.05, 3.63) is 12.2 Å². The van der Waals surface area contributed by atoms with Gasteiger partial charge in [0.25, 0.3) is 0 Å². The van der Waals surface area contributed by atoms with Crippen molar-refractivity contribution >= 4 is 0 Å². The van der Waals surface area contributed by atoms with Gasteiger partial charge in [-0.25, -0.2) is 0 Å². The molecule has 2 fully saturated rings. The fraction of sp³-hybridized carbons (Fsp3) is 0.867. The van der Waals surface area contributed by atoms with Crippen LogP contribution in [-0.2, 0) is 0 Å². The summed E-state index contributed by atoms with van der Waals surface area (Å²) in [5.74, 6) is 1.10. The molecule has 2 aliphatic rings. The summed E-state index contributed by atoms with van der Waals surface area (Å²) in [5.41, 5.74) is 2.03. The van der Waals surface area contributed by atoms with E-state index in [0.29, 0.717) is 23.4 Å². The quantitative estimate of drug-likeness (QED) is 0.669. The number of hydrogen-bond acceptors (Lipinski definition) is 1. The standard InChI is InChI=1S/C15H26O/c1-11-6-7-13-14(2,3)8-5-9-15(13,4)12(11)10-16/h12-13,16H,1,5-10H2,2-4H3/t12-,13?,15+/m1/s1. The number of hydrogen-bond donors (Lipinski definition) is 1. The van der Waals surface area contributed by atoms with Gasteiger partial charge in [-0.1, -0.05) is 39.3 Å². The first-order chi connectivity index (χ1) is 7.42. The average molecular weight is 222 g/mol. The maximum absolute atomic E-state index is 9.67. The van der Waals surface area contributed by atoms with Gasteiger partial charge in [-0.05, 0) is 42.4 Å². The lowest BCUT2D eigenvalue weighted by atomic mass is 9.48. The number of fused-ring (bicyclic) bond motifs is 1. The lowest BCUT2D eigenvalue weighted by molar-refractivity contribution is -0.0651. The summed E-state index contributed by atoms with van der Waals surface area (Å²) in [4.78, 5) is 0. The van der Waals surface area contributed by atoms with Crippen LogP contribution in [0.15, 0.2) is 12.2 Å². The minimum absolute atomic E-state index is 0.294. The van der Waals surface area contributed by atoms with Gasteiger partial charge in [0.1, 0.15) is 0 Å². The second-order valence-corrected chi connectivity index (χ2v) is 6.83. The molecule has 0 aliphatic heterocycles. The molecule has 0 bridgehead atoms. The Kier molecular flexibility index (Phi) is 2.94. The highest BCUT2D eigenvalue weighted by Crippen LogP contribution is 2.60. The van der Waals surface area contributed by atoms with E-state index in [0.717, 1.165) is 12.3 Å². The molecule has 1 unspecified atom stereocenters. The van der Waals surface area contributed by atoms with Gasteiger partial charge in [-0.15, -0.1) is 0 Å². The van der Waals surface area contributed by atoms with Crippen LogP contribution in [0.4, 0.5) is 0 Å². The van der Waals surface area contributed by atoms with E-state index < -0.39 is 0 Å².